The number of rotatable bonds is 4. The fraction of sp³-hybridized carbons (Fsp3) is 0.500. The van der Waals surface area contributed by atoms with Crippen LogP contribution in [0, 0.1) is 0 Å². The molecule has 2 fully saturated rings. The smallest absolute Gasteiger partial charge is 0.221 e. The predicted octanol–water partition coefficient (Wildman–Crippen LogP) is 1.54. The molecular weight excluding hydrogens is 212 g/mol. The molecule has 0 spiro atoms. The Hall–Kier alpha value is -1.35. The number of hydrogen-bond donors (Lipinski definition) is 2. The van der Waals surface area contributed by atoms with E-state index in [2.05, 4.69) is 34.9 Å². The van der Waals surface area contributed by atoms with Gasteiger partial charge in [0.1, 0.15) is 0 Å². The van der Waals surface area contributed by atoms with Crippen molar-refractivity contribution < 1.29 is 4.79 Å². The number of amides is 1. The average Bonchev–Trinajstić information content (AvgIpc) is 3.11. The van der Waals surface area contributed by atoms with Crippen molar-refractivity contribution in [3.8, 4) is 0 Å². The zero-order chi connectivity index (χ0) is 11.7. The normalized spacial score (nSPS) is 23.8. The SMILES string of the molecule is O=C1CC(NCc2ccc(C3CC3)cc2)CN1. The summed E-state index contributed by atoms with van der Waals surface area (Å²) in [6, 6.07) is 9.18. The van der Waals surface area contributed by atoms with Crippen LogP contribution >= 0.6 is 0 Å². The second-order valence-corrected chi connectivity index (χ2v) is 5.10. The van der Waals surface area contributed by atoms with E-state index >= 15 is 0 Å². The van der Waals surface area contributed by atoms with Gasteiger partial charge in [0, 0.05) is 25.6 Å². The summed E-state index contributed by atoms with van der Waals surface area (Å²) in [4.78, 5) is 11.0. The predicted molar refractivity (Wildman–Crippen MR) is 66.7 cm³/mol. The van der Waals surface area contributed by atoms with Gasteiger partial charge in [-0.05, 0) is 29.9 Å². The minimum atomic E-state index is 0.159. The Morgan fingerprint density at radius 3 is 2.59 bits per heavy atom. The number of nitrogens with one attached hydrogen (secondary N) is 2. The van der Waals surface area contributed by atoms with Gasteiger partial charge in [0.15, 0.2) is 0 Å². The van der Waals surface area contributed by atoms with Gasteiger partial charge in [0.2, 0.25) is 5.91 Å². The van der Waals surface area contributed by atoms with Crippen molar-refractivity contribution in [1.29, 1.82) is 0 Å². The molecule has 1 aromatic rings. The Morgan fingerprint density at radius 2 is 2.00 bits per heavy atom. The summed E-state index contributed by atoms with van der Waals surface area (Å²) in [5.41, 5.74) is 2.78. The quantitative estimate of drug-likeness (QED) is 0.824. The minimum Gasteiger partial charge on any atom is -0.354 e. The average molecular weight is 230 g/mol. The Bertz CT molecular complexity index is 409. The second-order valence-electron chi connectivity index (χ2n) is 5.10. The molecule has 1 aliphatic heterocycles. The third-order valence-corrected chi connectivity index (χ3v) is 3.60. The molecule has 3 heteroatoms. The lowest BCUT2D eigenvalue weighted by Gasteiger charge is -2.10. The summed E-state index contributed by atoms with van der Waals surface area (Å²) in [7, 11) is 0. The standard InChI is InChI=1S/C14H18N2O/c17-14-7-13(9-16-14)15-8-10-1-3-11(4-2-10)12-5-6-12/h1-4,12-13,15H,5-9H2,(H,16,17). The molecule has 1 atom stereocenters. The maximum Gasteiger partial charge on any atom is 0.221 e. The van der Waals surface area contributed by atoms with Crippen molar-refractivity contribution in [2.45, 2.75) is 37.8 Å². The molecule has 0 radical (unpaired) electrons. The summed E-state index contributed by atoms with van der Waals surface area (Å²) in [5.74, 6) is 0.986. The van der Waals surface area contributed by atoms with Crippen LogP contribution in [-0.4, -0.2) is 18.5 Å². The lowest BCUT2D eigenvalue weighted by molar-refractivity contribution is -0.119. The van der Waals surface area contributed by atoms with E-state index in [9.17, 15) is 4.79 Å². The summed E-state index contributed by atoms with van der Waals surface area (Å²) in [5, 5.41) is 6.25. The lowest BCUT2D eigenvalue weighted by atomic mass is 10.1. The zero-order valence-electron chi connectivity index (χ0n) is 9.91. The Labute approximate surface area is 102 Å². The van der Waals surface area contributed by atoms with Crippen molar-refractivity contribution in [2.75, 3.05) is 6.54 Å². The van der Waals surface area contributed by atoms with Gasteiger partial charge in [-0.1, -0.05) is 24.3 Å². The Morgan fingerprint density at radius 1 is 1.24 bits per heavy atom. The van der Waals surface area contributed by atoms with E-state index in [4.69, 9.17) is 0 Å². The zero-order valence-corrected chi connectivity index (χ0v) is 9.91. The fourth-order valence-corrected chi connectivity index (χ4v) is 2.34. The van der Waals surface area contributed by atoms with Crippen LogP contribution in [0.4, 0.5) is 0 Å². The third kappa shape index (κ3) is 2.67. The van der Waals surface area contributed by atoms with E-state index in [1.165, 1.54) is 24.0 Å². The van der Waals surface area contributed by atoms with Crippen LogP contribution in [0.2, 0.25) is 0 Å². The maximum absolute atomic E-state index is 11.0. The first kappa shape index (κ1) is 10.8. The highest BCUT2D eigenvalue weighted by atomic mass is 16.1. The Kier molecular flexibility index (Phi) is 2.85. The van der Waals surface area contributed by atoms with E-state index in [1.807, 2.05) is 0 Å². The van der Waals surface area contributed by atoms with Crippen LogP contribution in [0.25, 0.3) is 0 Å². The van der Waals surface area contributed by atoms with Gasteiger partial charge in [-0.25, -0.2) is 0 Å². The van der Waals surface area contributed by atoms with E-state index in [0.29, 0.717) is 12.5 Å². The number of benzene rings is 1. The van der Waals surface area contributed by atoms with Crippen LogP contribution in [0.15, 0.2) is 24.3 Å². The van der Waals surface area contributed by atoms with E-state index in [0.717, 1.165) is 19.0 Å². The first-order valence-electron chi connectivity index (χ1n) is 6.40. The largest absolute Gasteiger partial charge is 0.354 e. The van der Waals surface area contributed by atoms with Gasteiger partial charge < -0.3 is 10.6 Å². The van der Waals surface area contributed by atoms with Gasteiger partial charge in [0.25, 0.3) is 0 Å². The van der Waals surface area contributed by atoms with Crippen LogP contribution in [0.3, 0.4) is 0 Å². The summed E-state index contributed by atoms with van der Waals surface area (Å²) < 4.78 is 0. The molecule has 1 heterocycles. The van der Waals surface area contributed by atoms with Crippen molar-refractivity contribution in [1.82, 2.24) is 10.6 Å². The van der Waals surface area contributed by atoms with Gasteiger partial charge in [0.05, 0.1) is 0 Å². The highest BCUT2D eigenvalue weighted by molar-refractivity contribution is 5.78. The van der Waals surface area contributed by atoms with E-state index in [1.54, 1.807) is 0 Å². The first-order valence-corrected chi connectivity index (χ1v) is 6.40. The summed E-state index contributed by atoms with van der Waals surface area (Å²) in [6.07, 6.45) is 3.32. The molecule has 3 rings (SSSR count). The molecule has 1 aromatic carbocycles. The van der Waals surface area contributed by atoms with E-state index in [-0.39, 0.29) is 5.91 Å². The second kappa shape index (κ2) is 4.49. The monoisotopic (exact) mass is 230 g/mol. The van der Waals surface area contributed by atoms with E-state index < -0.39 is 0 Å². The minimum absolute atomic E-state index is 0.159. The Balaban J connectivity index is 1.52. The molecule has 1 amide bonds. The van der Waals surface area contributed by atoms with Gasteiger partial charge in [-0.3, -0.25) is 4.79 Å². The van der Waals surface area contributed by atoms with Gasteiger partial charge in [-0.2, -0.15) is 0 Å². The molecule has 2 N–H and O–H groups in total. The highest BCUT2D eigenvalue weighted by Gasteiger charge is 2.23. The fourth-order valence-electron chi connectivity index (χ4n) is 2.34. The molecule has 0 aromatic heterocycles. The number of carbonyl (C=O) groups is 1. The topological polar surface area (TPSA) is 41.1 Å². The van der Waals surface area contributed by atoms with Gasteiger partial charge >= 0.3 is 0 Å². The van der Waals surface area contributed by atoms with Crippen LogP contribution in [0.1, 0.15) is 36.3 Å². The highest BCUT2D eigenvalue weighted by Crippen LogP contribution is 2.39. The maximum atomic E-state index is 11.0. The third-order valence-electron chi connectivity index (χ3n) is 3.60. The van der Waals surface area contributed by atoms with Crippen LogP contribution in [-0.2, 0) is 11.3 Å². The van der Waals surface area contributed by atoms with Crippen molar-refractivity contribution in [2.24, 2.45) is 0 Å². The molecule has 17 heavy (non-hydrogen) atoms. The van der Waals surface area contributed by atoms with Crippen molar-refractivity contribution in [3.63, 3.8) is 0 Å². The molecule has 1 saturated heterocycles. The van der Waals surface area contributed by atoms with Crippen LogP contribution in [0.5, 0.6) is 0 Å². The summed E-state index contributed by atoms with van der Waals surface area (Å²) in [6.45, 7) is 1.61. The van der Waals surface area contributed by atoms with Crippen molar-refractivity contribution in [3.05, 3.63) is 35.4 Å². The number of carbonyl (C=O) groups excluding carboxylic acids is 1. The van der Waals surface area contributed by atoms with Crippen LogP contribution < -0.4 is 10.6 Å². The molecule has 1 aliphatic carbocycles. The molecule has 3 nitrogen and oxygen atoms in total. The first-order chi connectivity index (χ1) is 8.31. The lowest BCUT2D eigenvalue weighted by Crippen LogP contribution is -2.30. The molecule has 2 aliphatic rings. The molecule has 1 saturated carbocycles. The molecule has 90 valence electrons. The molecular formula is C14H18N2O. The molecule has 1 unspecified atom stereocenters. The van der Waals surface area contributed by atoms with Gasteiger partial charge in [-0.15, -0.1) is 0 Å². The number of hydrogen-bond acceptors (Lipinski definition) is 2. The summed E-state index contributed by atoms with van der Waals surface area (Å²) >= 11 is 0. The molecule has 0 bridgehead atoms. The van der Waals surface area contributed by atoms with Crippen molar-refractivity contribution >= 4 is 5.91 Å².